The Balaban J connectivity index is 3.27. The molecule has 3 N–H and O–H groups in total. The second kappa shape index (κ2) is 6.39. The first-order valence-corrected chi connectivity index (χ1v) is 6.08. The number of halogens is 1. The third-order valence-electron chi connectivity index (χ3n) is 2.11. The Labute approximate surface area is 117 Å². The largest absolute Gasteiger partial charge is 0.465 e. The Hall–Kier alpha value is -1.57. The number of hydrogen-bond acceptors (Lipinski definition) is 5. The minimum Gasteiger partial charge on any atom is -0.465 e. The second-order valence-electron chi connectivity index (χ2n) is 3.24. The van der Waals surface area contributed by atoms with E-state index in [1.807, 2.05) is 0 Å². The second-order valence-corrected chi connectivity index (χ2v) is 4.63. The van der Waals surface area contributed by atoms with Gasteiger partial charge in [-0.15, -0.1) is 0 Å². The quantitative estimate of drug-likeness (QED) is 0.118. The topological polar surface area (TPSA) is 113 Å². The number of thiocarbonyl (C=S) groups is 1. The van der Waals surface area contributed by atoms with Gasteiger partial charge in [-0.05, 0) is 11.6 Å². The van der Waals surface area contributed by atoms with Gasteiger partial charge >= 0.3 is 5.97 Å². The molecule has 1 heterocycles. The number of nitrogens with zero attached hydrogens (tertiary/aromatic N) is 3. The molecule has 0 amide bonds. The van der Waals surface area contributed by atoms with Gasteiger partial charge in [-0.25, -0.2) is 4.79 Å². The Kier molecular flexibility index (Phi) is 5.14. The van der Waals surface area contributed by atoms with Crippen molar-refractivity contribution in [2.24, 2.45) is 10.8 Å². The zero-order chi connectivity index (χ0) is 13.7. The number of esters is 1. The van der Waals surface area contributed by atoms with Crippen molar-refractivity contribution in [2.75, 3.05) is 13.7 Å². The maximum atomic E-state index is 11.7. The molecule has 7 nitrogen and oxygen atoms in total. The van der Waals surface area contributed by atoms with Crippen molar-refractivity contribution in [3.8, 4) is 0 Å². The number of methoxy groups -OCH3 is 1. The van der Waals surface area contributed by atoms with Crippen molar-refractivity contribution in [2.45, 2.75) is 4.95 Å². The van der Waals surface area contributed by atoms with Gasteiger partial charge in [-0.1, -0.05) is 33.3 Å². The van der Waals surface area contributed by atoms with Gasteiger partial charge in [0, 0.05) is 16.2 Å². The van der Waals surface area contributed by atoms with E-state index >= 15 is 0 Å². The highest BCUT2D eigenvalue weighted by atomic mass is 79.9. The summed E-state index contributed by atoms with van der Waals surface area (Å²) in [5.41, 5.74) is 14.8. The third-order valence-corrected chi connectivity index (χ3v) is 2.92. The van der Waals surface area contributed by atoms with Crippen molar-refractivity contribution >= 4 is 39.1 Å². The summed E-state index contributed by atoms with van der Waals surface area (Å²) >= 11 is 8.38. The number of hydrogen-bond donors (Lipinski definition) is 2. The lowest BCUT2D eigenvalue weighted by Gasteiger charge is -2.23. The molecule has 0 aliphatic carbocycles. The van der Waals surface area contributed by atoms with Crippen LogP contribution in [-0.4, -0.2) is 29.6 Å². The smallest absolute Gasteiger partial charge is 0.338 e. The number of carbonyl (C=O) groups excluding carboxylic acids is 1. The van der Waals surface area contributed by atoms with Crippen LogP contribution in [0.15, 0.2) is 28.0 Å². The zero-order valence-corrected chi connectivity index (χ0v) is 11.8. The molecule has 0 radical (unpaired) electrons. The molecule has 0 saturated heterocycles. The lowest BCUT2D eigenvalue weighted by atomic mass is 10.0. The molecule has 1 rings (SSSR count). The summed E-state index contributed by atoms with van der Waals surface area (Å²) in [6.07, 6.45) is 1.58. The van der Waals surface area contributed by atoms with Crippen molar-refractivity contribution in [1.29, 1.82) is 0 Å². The summed E-state index contributed by atoms with van der Waals surface area (Å²) in [5.74, 6) is -0.554. The Bertz CT molecular complexity index is 495. The fraction of sp³-hybridized carbons (Fsp3) is 0.333. The molecular formula is C9H10BrN5O2S. The van der Waals surface area contributed by atoms with Crippen LogP contribution in [0, 0.1) is 0 Å². The molecular weight excluding hydrogens is 322 g/mol. The summed E-state index contributed by atoms with van der Waals surface area (Å²) in [6, 6.07) is 0. The van der Waals surface area contributed by atoms with E-state index < -0.39 is 5.97 Å². The van der Waals surface area contributed by atoms with Crippen LogP contribution in [0.1, 0.15) is 0 Å². The van der Waals surface area contributed by atoms with E-state index in [0.29, 0.717) is 10.6 Å². The first kappa shape index (κ1) is 14.5. The van der Waals surface area contributed by atoms with Crippen molar-refractivity contribution in [3.63, 3.8) is 0 Å². The number of carbonyl (C=O) groups is 1. The van der Waals surface area contributed by atoms with Crippen molar-refractivity contribution in [3.05, 3.63) is 33.4 Å². The molecule has 0 saturated carbocycles. The van der Waals surface area contributed by atoms with Crippen LogP contribution in [0.2, 0.25) is 0 Å². The van der Waals surface area contributed by atoms with E-state index in [1.165, 1.54) is 7.11 Å². The van der Waals surface area contributed by atoms with Gasteiger partial charge in [0.1, 0.15) is 9.94 Å². The lowest BCUT2D eigenvalue weighted by Crippen LogP contribution is -2.37. The van der Waals surface area contributed by atoms with Crippen LogP contribution in [0.3, 0.4) is 0 Å². The molecule has 1 aliphatic rings. The van der Waals surface area contributed by atoms with E-state index in [0.717, 1.165) is 0 Å². The van der Waals surface area contributed by atoms with E-state index in [4.69, 9.17) is 23.5 Å². The number of nitrogens with one attached hydrogen (secondary N) is 1. The molecule has 1 atom stereocenters. The van der Waals surface area contributed by atoms with Gasteiger partial charge in [0.05, 0.1) is 19.2 Å². The van der Waals surface area contributed by atoms with Crippen LogP contribution < -0.4 is 11.1 Å². The summed E-state index contributed by atoms with van der Waals surface area (Å²) < 4.78 is 4.66. The molecule has 0 aromatic carbocycles. The Morgan fingerprint density at radius 3 is 3.06 bits per heavy atom. The van der Waals surface area contributed by atoms with Crippen LogP contribution in [0.25, 0.3) is 10.4 Å². The van der Waals surface area contributed by atoms with Gasteiger partial charge in [-0.2, -0.15) is 0 Å². The highest BCUT2D eigenvalue weighted by Crippen LogP contribution is 2.23. The Morgan fingerprint density at radius 2 is 2.50 bits per heavy atom. The van der Waals surface area contributed by atoms with Crippen molar-refractivity contribution in [1.82, 2.24) is 5.32 Å². The molecule has 18 heavy (non-hydrogen) atoms. The van der Waals surface area contributed by atoms with E-state index in [9.17, 15) is 4.79 Å². The maximum absolute atomic E-state index is 11.7. The number of nitrogens with two attached hydrogens (primary N) is 1. The molecule has 0 aromatic rings. The van der Waals surface area contributed by atoms with E-state index in [2.05, 4.69) is 36.0 Å². The van der Waals surface area contributed by atoms with Gasteiger partial charge in [0.25, 0.3) is 0 Å². The predicted octanol–water partition coefficient (Wildman–Crippen LogP) is 1.26. The third kappa shape index (κ3) is 3.22. The highest BCUT2D eigenvalue weighted by molar-refractivity contribution is 9.09. The minimum absolute atomic E-state index is 0.0745. The summed E-state index contributed by atoms with van der Waals surface area (Å²) in [6.45, 7) is -0.0745. The molecule has 1 aliphatic heterocycles. The highest BCUT2D eigenvalue weighted by Gasteiger charge is 2.27. The SMILES string of the molecule is COC(=O)C1=CC(Br)NC(=S)C1=C(N)CN=[N+]=[N-]. The van der Waals surface area contributed by atoms with Gasteiger partial charge < -0.3 is 15.8 Å². The average Bonchev–Trinajstić information content (AvgIpc) is 2.33. The minimum atomic E-state index is -0.554. The van der Waals surface area contributed by atoms with Gasteiger partial charge in [0.2, 0.25) is 0 Å². The van der Waals surface area contributed by atoms with Crippen molar-refractivity contribution < 1.29 is 9.53 Å². The first-order chi connectivity index (χ1) is 8.51. The van der Waals surface area contributed by atoms with Gasteiger partial charge in [0.15, 0.2) is 0 Å². The molecule has 0 spiro atoms. The van der Waals surface area contributed by atoms with E-state index in [-0.39, 0.29) is 22.8 Å². The van der Waals surface area contributed by atoms with Crippen LogP contribution >= 0.6 is 28.1 Å². The van der Waals surface area contributed by atoms with Crippen LogP contribution in [0.5, 0.6) is 0 Å². The monoisotopic (exact) mass is 331 g/mol. The molecule has 96 valence electrons. The molecule has 0 fully saturated rings. The number of rotatable bonds is 3. The number of ether oxygens (including phenoxy) is 1. The summed E-state index contributed by atoms with van der Waals surface area (Å²) in [7, 11) is 1.26. The number of alkyl halides is 1. The molecule has 0 aromatic heterocycles. The molecule has 9 heteroatoms. The normalized spacial score (nSPS) is 21.3. The summed E-state index contributed by atoms with van der Waals surface area (Å²) in [5, 5.41) is 6.23. The fourth-order valence-electron chi connectivity index (χ4n) is 1.38. The summed E-state index contributed by atoms with van der Waals surface area (Å²) in [4.78, 5) is 14.3. The lowest BCUT2D eigenvalue weighted by molar-refractivity contribution is -0.135. The first-order valence-electron chi connectivity index (χ1n) is 4.76. The molecule has 0 bridgehead atoms. The van der Waals surface area contributed by atoms with Crippen LogP contribution in [0.4, 0.5) is 0 Å². The van der Waals surface area contributed by atoms with Crippen LogP contribution in [-0.2, 0) is 9.53 Å². The standard InChI is InChI=1S/C9H10BrN5O2S/c1-17-9(16)4-2-6(10)14-8(18)7(4)5(11)3-13-15-12/h2,6H,3,11H2,1H3,(H,14,18). The molecule has 1 unspecified atom stereocenters. The maximum Gasteiger partial charge on any atom is 0.338 e. The predicted molar refractivity (Wildman–Crippen MR) is 73.8 cm³/mol. The Morgan fingerprint density at radius 1 is 1.83 bits per heavy atom. The fourth-order valence-corrected chi connectivity index (χ4v) is 2.39. The van der Waals surface area contributed by atoms with E-state index in [1.54, 1.807) is 6.08 Å². The zero-order valence-electron chi connectivity index (χ0n) is 9.38. The number of azide groups is 1. The average molecular weight is 332 g/mol. The van der Waals surface area contributed by atoms with Gasteiger partial charge in [-0.3, -0.25) is 0 Å².